The number of hydrogen-bond acceptors (Lipinski definition) is 7. The average Bonchev–Trinajstić information content (AvgIpc) is 3.30. The van der Waals surface area contributed by atoms with E-state index in [4.69, 9.17) is 20.7 Å². The minimum Gasteiger partial charge on any atom is -0.335 e. The van der Waals surface area contributed by atoms with Gasteiger partial charge in [-0.15, -0.1) is 0 Å². The zero-order valence-electron chi connectivity index (χ0n) is 19.2. The molecular formula is C23H26ClN2O6S4+. The minimum atomic E-state index is -4.00. The molecule has 36 heavy (non-hydrogen) atoms. The Kier molecular flexibility index (Phi) is 8.65. The van der Waals surface area contributed by atoms with E-state index in [1.165, 1.54) is 0 Å². The van der Waals surface area contributed by atoms with Gasteiger partial charge < -0.3 is 4.90 Å². The van der Waals surface area contributed by atoms with Crippen LogP contribution >= 0.6 is 34.7 Å². The molecule has 2 heterocycles. The number of unbranched alkanes of at least 4 members (excludes halogenated alkanes) is 2. The molecule has 1 aliphatic heterocycles. The molecule has 4 rings (SSSR count). The number of aromatic nitrogens is 1. The number of thiazole rings is 1. The molecule has 2 aromatic carbocycles. The number of nitrogens with zero attached hydrogens (tertiary/aromatic N) is 2. The van der Waals surface area contributed by atoms with Gasteiger partial charge in [0.15, 0.2) is 6.54 Å². The van der Waals surface area contributed by atoms with Crippen LogP contribution in [0.3, 0.4) is 0 Å². The van der Waals surface area contributed by atoms with Gasteiger partial charge in [0.25, 0.3) is 25.2 Å². The van der Waals surface area contributed by atoms with Gasteiger partial charge in [-0.1, -0.05) is 46.8 Å². The van der Waals surface area contributed by atoms with Crippen LogP contribution in [0, 0.1) is 0 Å². The first-order valence-electron chi connectivity index (χ1n) is 11.3. The number of rotatable bonds is 11. The van der Waals surface area contributed by atoms with Crippen molar-refractivity contribution >= 4 is 76.9 Å². The second-order valence-corrected chi connectivity index (χ2v) is 14.1. The summed E-state index contributed by atoms with van der Waals surface area (Å²) < 4.78 is 65.8. The molecule has 1 aliphatic rings. The lowest BCUT2D eigenvalue weighted by Crippen LogP contribution is -2.35. The summed E-state index contributed by atoms with van der Waals surface area (Å²) in [5, 5.41) is 2.57. The number of thioether (sulfide) groups is 1. The summed E-state index contributed by atoms with van der Waals surface area (Å²) in [7, 11) is -8.00. The molecule has 0 fully saturated rings. The predicted molar refractivity (Wildman–Crippen MR) is 146 cm³/mol. The van der Waals surface area contributed by atoms with Crippen molar-refractivity contribution < 1.29 is 30.5 Å². The molecule has 194 valence electrons. The Morgan fingerprint density at radius 2 is 1.64 bits per heavy atom. The number of hydrogen-bond donors (Lipinski definition) is 2. The quantitative estimate of drug-likeness (QED) is 0.180. The minimum absolute atomic E-state index is 0.269. The number of para-hydroxylation sites is 1. The number of aryl methyl sites for hydroxylation is 1. The maximum Gasteiger partial charge on any atom is 0.265 e. The monoisotopic (exact) mass is 589 g/mol. The molecule has 0 amide bonds. The third-order valence-electron chi connectivity index (χ3n) is 5.64. The Labute approximate surface area is 224 Å². The van der Waals surface area contributed by atoms with Crippen molar-refractivity contribution in [1.82, 2.24) is 0 Å². The Bertz CT molecular complexity index is 1500. The smallest absolute Gasteiger partial charge is 0.265 e. The summed E-state index contributed by atoms with van der Waals surface area (Å²) in [6.07, 6.45) is 3.93. The van der Waals surface area contributed by atoms with Gasteiger partial charge in [-0.25, -0.2) is 0 Å². The Morgan fingerprint density at radius 1 is 0.944 bits per heavy atom. The molecule has 0 aliphatic carbocycles. The van der Waals surface area contributed by atoms with Crippen molar-refractivity contribution in [2.75, 3.05) is 23.0 Å². The van der Waals surface area contributed by atoms with Gasteiger partial charge in [0.1, 0.15) is 4.70 Å². The van der Waals surface area contributed by atoms with E-state index >= 15 is 0 Å². The summed E-state index contributed by atoms with van der Waals surface area (Å²) >= 11 is 9.50. The first-order valence-corrected chi connectivity index (χ1v) is 16.5. The van der Waals surface area contributed by atoms with Gasteiger partial charge in [0.05, 0.1) is 28.3 Å². The average molecular weight is 590 g/mol. The van der Waals surface area contributed by atoms with Crippen molar-refractivity contribution in [2.24, 2.45) is 0 Å². The third-order valence-corrected chi connectivity index (χ3v) is 9.71. The third kappa shape index (κ3) is 7.21. The second kappa shape index (κ2) is 11.4. The first kappa shape index (κ1) is 27.4. The molecule has 8 nitrogen and oxygen atoms in total. The fourth-order valence-corrected chi connectivity index (χ4v) is 7.63. The van der Waals surface area contributed by atoms with Crippen LogP contribution in [0.25, 0.3) is 16.3 Å². The zero-order valence-corrected chi connectivity index (χ0v) is 23.2. The Hall–Kier alpha value is -1.67. The first-order chi connectivity index (χ1) is 17.0. The topological polar surface area (TPSA) is 116 Å². The van der Waals surface area contributed by atoms with Crippen LogP contribution in [0.2, 0.25) is 5.02 Å². The molecule has 0 saturated heterocycles. The van der Waals surface area contributed by atoms with Gasteiger partial charge in [0, 0.05) is 29.0 Å². The molecular weight excluding hydrogens is 564 g/mol. The van der Waals surface area contributed by atoms with Crippen LogP contribution in [0.4, 0.5) is 5.69 Å². The van der Waals surface area contributed by atoms with Crippen molar-refractivity contribution in [2.45, 2.75) is 37.1 Å². The Morgan fingerprint density at radius 3 is 2.36 bits per heavy atom. The van der Waals surface area contributed by atoms with Crippen LogP contribution in [0.15, 0.2) is 52.4 Å². The standard InChI is InChI=1S/C23H25ClN2O6S4/c24-17-9-10-21-19(15-17)26(12-4-6-14-36(30,31)32)23(34-21)16-22-25(11-3-5-13-35(27,28)29)18-7-1-2-8-20(18)33-22/h1-2,7-10,15-16H,3-6,11-14H2,(H-,27,28,29,30,31,32)/p+1. The lowest BCUT2D eigenvalue weighted by Gasteiger charge is -2.20. The largest absolute Gasteiger partial charge is 0.335 e. The van der Waals surface area contributed by atoms with Crippen LogP contribution in [0.1, 0.15) is 30.7 Å². The van der Waals surface area contributed by atoms with Crippen molar-refractivity contribution in [1.29, 1.82) is 0 Å². The summed E-state index contributed by atoms with van der Waals surface area (Å²) in [5.41, 5.74) is 2.00. The van der Waals surface area contributed by atoms with Gasteiger partial charge in [0.2, 0.25) is 5.52 Å². The van der Waals surface area contributed by atoms with Crippen molar-refractivity contribution in [3.8, 4) is 0 Å². The normalized spacial score (nSPS) is 15.2. The number of halogens is 1. The highest BCUT2D eigenvalue weighted by Gasteiger charge is 2.28. The molecule has 0 atom stereocenters. The van der Waals surface area contributed by atoms with E-state index in [0.29, 0.717) is 43.8 Å². The fourth-order valence-electron chi connectivity index (χ4n) is 4.02. The summed E-state index contributed by atoms with van der Waals surface area (Å²) in [4.78, 5) is 3.16. The van der Waals surface area contributed by atoms with E-state index in [1.54, 1.807) is 23.1 Å². The van der Waals surface area contributed by atoms with Crippen molar-refractivity contribution in [3.05, 3.63) is 57.5 Å². The number of benzene rings is 2. The van der Waals surface area contributed by atoms with Gasteiger partial charge in [-0.05, 0) is 43.5 Å². The lowest BCUT2D eigenvalue weighted by molar-refractivity contribution is -0.669. The lowest BCUT2D eigenvalue weighted by atomic mass is 10.2. The van der Waals surface area contributed by atoms with E-state index < -0.39 is 20.2 Å². The molecule has 3 aromatic rings. The molecule has 13 heteroatoms. The van der Waals surface area contributed by atoms with Gasteiger partial charge in [-0.3, -0.25) is 9.11 Å². The SMILES string of the molecule is O=S(=O)(O)CCCCN1C(=Cc2sc3ccccc3[n+]2CCCCS(=O)(=O)O)Sc2ccc(Cl)cc21. The highest BCUT2D eigenvalue weighted by Crippen LogP contribution is 2.48. The maximum absolute atomic E-state index is 11.1. The highest BCUT2D eigenvalue weighted by atomic mass is 35.5. The summed E-state index contributed by atoms with van der Waals surface area (Å²) in [6, 6.07) is 13.7. The Balaban J connectivity index is 1.63. The molecule has 0 radical (unpaired) electrons. The van der Waals surface area contributed by atoms with E-state index in [2.05, 4.69) is 15.5 Å². The van der Waals surface area contributed by atoms with Gasteiger partial charge in [-0.2, -0.15) is 21.4 Å². The van der Waals surface area contributed by atoms with Crippen molar-refractivity contribution in [3.63, 3.8) is 0 Å². The van der Waals surface area contributed by atoms with E-state index in [-0.39, 0.29) is 11.5 Å². The van der Waals surface area contributed by atoms with E-state index in [9.17, 15) is 16.8 Å². The molecule has 0 saturated carbocycles. The summed E-state index contributed by atoms with van der Waals surface area (Å²) in [6.45, 7) is 1.15. The molecule has 1 aromatic heterocycles. The molecule has 0 unspecified atom stereocenters. The fraction of sp³-hybridized carbons (Fsp3) is 0.348. The van der Waals surface area contributed by atoms with Crippen LogP contribution < -0.4 is 9.47 Å². The van der Waals surface area contributed by atoms with Crippen LogP contribution in [0.5, 0.6) is 0 Å². The van der Waals surface area contributed by atoms with E-state index in [0.717, 1.165) is 30.8 Å². The van der Waals surface area contributed by atoms with Gasteiger partial charge >= 0.3 is 0 Å². The number of fused-ring (bicyclic) bond motifs is 2. The van der Waals surface area contributed by atoms with E-state index in [1.807, 2.05) is 42.5 Å². The highest BCUT2D eigenvalue weighted by molar-refractivity contribution is 8.04. The molecule has 0 bridgehead atoms. The zero-order chi connectivity index (χ0) is 25.9. The number of anilines is 1. The summed E-state index contributed by atoms with van der Waals surface area (Å²) in [5.74, 6) is -0.551. The molecule has 0 spiro atoms. The predicted octanol–water partition coefficient (Wildman–Crippen LogP) is 5.09. The maximum atomic E-state index is 11.1. The second-order valence-electron chi connectivity index (χ2n) is 8.39. The molecule has 2 N–H and O–H groups in total. The van der Waals surface area contributed by atoms with Crippen LogP contribution in [-0.2, 0) is 26.8 Å². The van der Waals surface area contributed by atoms with Crippen LogP contribution in [-0.4, -0.2) is 44.0 Å².